The number of rotatable bonds is 7. The molecular weight excluding hydrogens is 308 g/mol. The summed E-state index contributed by atoms with van der Waals surface area (Å²) in [6, 6.07) is 5.95. The van der Waals surface area contributed by atoms with Crippen molar-refractivity contribution in [2.24, 2.45) is 0 Å². The molecule has 1 heterocycles. The number of hydrogen-bond donors (Lipinski definition) is 1. The minimum absolute atomic E-state index is 0.00639. The Morgan fingerprint density at radius 3 is 2.90 bits per heavy atom. The van der Waals surface area contributed by atoms with Crippen molar-refractivity contribution >= 4 is 40.5 Å². The van der Waals surface area contributed by atoms with Crippen LogP contribution in [0.5, 0.6) is 5.75 Å². The molecule has 0 amide bonds. The van der Waals surface area contributed by atoms with Crippen LogP contribution in [0.4, 0.5) is 0 Å². The van der Waals surface area contributed by atoms with Gasteiger partial charge in [-0.25, -0.2) is 4.98 Å². The Labute approximate surface area is 132 Å². The van der Waals surface area contributed by atoms with Gasteiger partial charge in [-0.2, -0.15) is 11.8 Å². The number of methoxy groups -OCH3 is 1. The highest BCUT2D eigenvalue weighted by molar-refractivity contribution is 7.99. The normalized spacial score (nSPS) is 12.5. The lowest BCUT2D eigenvalue weighted by molar-refractivity contribution is -0.133. The monoisotopic (exact) mass is 326 g/mol. The molecule has 5 nitrogen and oxygen atoms in total. The molecule has 0 aliphatic heterocycles. The molecule has 0 aliphatic carbocycles. The predicted molar refractivity (Wildman–Crippen MR) is 87.7 cm³/mol. The van der Waals surface area contributed by atoms with Crippen LogP contribution in [0.15, 0.2) is 23.4 Å². The van der Waals surface area contributed by atoms with Crippen molar-refractivity contribution in [1.29, 1.82) is 0 Å². The van der Waals surface area contributed by atoms with Gasteiger partial charge in [-0.1, -0.05) is 11.8 Å². The molecule has 0 bridgehead atoms. The van der Waals surface area contributed by atoms with Crippen LogP contribution in [0.25, 0.3) is 11.0 Å². The van der Waals surface area contributed by atoms with Crippen molar-refractivity contribution in [3.8, 4) is 5.75 Å². The molecule has 2 rings (SSSR count). The number of carboxylic acids is 1. The first-order valence-electron chi connectivity index (χ1n) is 6.46. The molecule has 7 heteroatoms. The van der Waals surface area contributed by atoms with Crippen LogP contribution in [-0.2, 0) is 4.79 Å². The summed E-state index contributed by atoms with van der Waals surface area (Å²) in [4.78, 5) is 15.4. The maximum Gasteiger partial charge on any atom is 0.313 e. The summed E-state index contributed by atoms with van der Waals surface area (Å²) in [7, 11) is 1.63. The average molecular weight is 326 g/mol. The van der Waals surface area contributed by atoms with E-state index >= 15 is 0 Å². The van der Waals surface area contributed by atoms with Gasteiger partial charge in [0.2, 0.25) is 0 Å². The summed E-state index contributed by atoms with van der Waals surface area (Å²) >= 11 is 3.00. The SMILES string of the molecule is COc1ccc2nc(SCC(=O)O)n(C(C)CSC)c2c1. The topological polar surface area (TPSA) is 64.3 Å². The third kappa shape index (κ3) is 3.65. The molecule has 21 heavy (non-hydrogen) atoms. The highest BCUT2D eigenvalue weighted by atomic mass is 32.2. The quantitative estimate of drug-likeness (QED) is 0.789. The molecule has 0 fully saturated rings. The van der Waals surface area contributed by atoms with Crippen LogP contribution in [0, 0.1) is 0 Å². The van der Waals surface area contributed by atoms with E-state index in [1.54, 1.807) is 18.9 Å². The maximum atomic E-state index is 10.8. The lowest BCUT2D eigenvalue weighted by atomic mass is 10.3. The molecule has 0 saturated heterocycles. The molecule has 0 spiro atoms. The van der Waals surface area contributed by atoms with Gasteiger partial charge < -0.3 is 14.4 Å². The molecule has 0 aliphatic rings. The Hall–Kier alpha value is -1.34. The van der Waals surface area contributed by atoms with Crippen molar-refractivity contribution in [2.75, 3.05) is 24.9 Å². The standard InChI is InChI=1S/C14H18N2O3S2/c1-9(7-20-3)16-12-6-10(19-2)4-5-11(12)15-14(16)21-8-13(17)18/h4-6,9H,7-8H2,1-3H3,(H,17,18). The molecule has 0 saturated carbocycles. The van der Waals surface area contributed by atoms with Crippen LogP contribution < -0.4 is 4.74 Å². The number of ether oxygens (including phenoxy) is 1. The van der Waals surface area contributed by atoms with E-state index in [4.69, 9.17) is 9.84 Å². The van der Waals surface area contributed by atoms with Crippen molar-refractivity contribution in [3.63, 3.8) is 0 Å². The van der Waals surface area contributed by atoms with Gasteiger partial charge in [0, 0.05) is 17.9 Å². The number of thioether (sulfide) groups is 2. The van der Waals surface area contributed by atoms with Crippen LogP contribution in [0.3, 0.4) is 0 Å². The number of carboxylic acid groups (broad SMARTS) is 1. The third-order valence-corrected chi connectivity index (χ3v) is 4.79. The highest BCUT2D eigenvalue weighted by Crippen LogP contribution is 2.31. The summed E-state index contributed by atoms with van der Waals surface area (Å²) in [6.07, 6.45) is 2.06. The van der Waals surface area contributed by atoms with Gasteiger partial charge in [-0.15, -0.1) is 0 Å². The lowest BCUT2D eigenvalue weighted by Gasteiger charge is -2.16. The van der Waals surface area contributed by atoms with Crippen molar-refractivity contribution in [2.45, 2.75) is 18.1 Å². The Kier molecular flexibility index (Phi) is 5.41. The number of fused-ring (bicyclic) bond motifs is 1. The second-order valence-corrected chi connectivity index (χ2v) is 6.46. The largest absolute Gasteiger partial charge is 0.497 e. The zero-order valence-corrected chi connectivity index (χ0v) is 13.8. The molecule has 1 aromatic carbocycles. The number of benzene rings is 1. The van der Waals surface area contributed by atoms with E-state index in [-0.39, 0.29) is 11.8 Å². The summed E-state index contributed by atoms with van der Waals surface area (Å²) in [5.41, 5.74) is 1.83. The molecule has 0 radical (unpaired) electrons. The minimum Gasteiger partial charge on any atom is -0.497 e. The zero-order chi connectivity index (χ0) is 15.4. The van der Waals surface area contributed by atoms with Gasteiger partial charge in [0.05, 0.1) is 23.9 Å². The summed E-state index contributed by atoms with van der Waals surface area (Å²) in [6.45, 7) is 2.11. The molecular formula is C14H18N2O3S2. The Morgan fingerprint density at radius 2 is 2.29 bits per heavy atom. The fraction of sp³-hybridized carbons (Fsp3) is 0.429. The fourth-order valence-electron chi connectivity index (χ4n) is 2.15. The van der Waals surface area contributed by atoms with E-state index in [9.17, 15) is 4.79 Å². The van der Waals surface area contributed by atoms with E-state index in [2.05, 4.69) is 22.7 Å². The minimum atomic E-state index is -0.839. The van der Waals surface area contributed by atoms with E-state index in [1.807, 2.05) is 18.2 Å². The fourth-order valence-corrected chi connectivity index (χ4v) is 3.61. The first kappa shape index (κ1) is 16.0. The number of hydrogen-bond acceptors (Lipinski definition) is 5. The number of aliphatic carboxylic acids is 1. The second-order valence-electron chi connectivity index (χ2n) is 4.61. The predicted octanol–water partition coefficient (Wildman–Crippen LogP) is 3.15. The summed E-state index contributed by atoms with van der Waals surface area (Å²) < 4.78 is 7.38. The van der Waals surface area contributed by atoms with E-state index in [1.165, 1.54) is 11.8 Å². The average Bonchev–Trinajstić information content (AvgIpc) is 2.82. The Bertz CT molecular complexity index is 642. The number of nitrogens with zero attached hydrogens (tertiary/aromatic N) is 2. The van der Waals surface area contributed by atoms with E-state index < -0.39 is 5.97 Å². The highest BCUT2D eigenvalue weighted by Gasteiger charge is 2.17. The second kappa shape index (κ2) is 7.09. The number of aromatic nitrogens is 2. The van der Waals surface area contributed by atoms with Crippen LogP contribution >= 0.6 is 23.5 Å². The number of imidazole rings is 1. The third-order valence-electron chi connectivity index (χ3n) is 3.04. The van der Waals surface area contributed by atoms with Crippen LogP contribution in [0.1, 0.15) is 13.0 Å². The van der Waals surface area contributed by atoms with Gasteiger partial charge in [0.15, 0.2) is 5.16 Å². The Morgan fingerprint density at radius 1 is 1.52 bits per heavy atom. The van der Waals surface area contributed by atoms with E-state index in [0.717, 1.165) is 27.7 Å². The summed E-state index contributed by atoms with van der Waals surface area (Å²) in [5, 5.41) is 9.62. The molecule has 1 unspecified atom stereocenters. The van der Waals surface area contributed by atoms with Gasteiger partial charge in [-0.05, 0) is 25.3 Å². The molecule has 1 atom stereocenters. The van der Waals surface area contributed by atoms with Crippen molar-refractivity contribution in [3.05, 3.63) is 18.2 Å². The first-order valence-corrected chi connectivity index (χ1v) is 8.84. The zero-order valence-electron chi connectivity index (χ0n) is 12.2. The van der Waals surface area contributed by atoms with Crippen molar-refractivity contribution < 1.29 is 14.6 Å². The first-order chi connectivity index (χ1) is 10.1. The molecule has 114 valence electrons. The summed E-state index contributed by atoms with van der Waals surface area (Å²) in [5.74, 6) is 0.874. The molecule has 2 aromatic rings. The van der Waals surface area contributed by atoms with Gasteiger partial charge >= 0.3 is 5.97 Å². The maximum absolute atomic E-state index is 10.8. The molecule has 1 N–H and O–H groups in total. The molecule has 1 aromatic heterocycles. The van der Waals surface area contributed by atoms with Crippen LogP contribution in [-0.4, -0.2) is 45.5 Å². The van der Waals surface area contributed by atoms with Crippen molar-refractivity contribution in [1.82, 2.24) is 9.55 Å². The van der Waals surface area contributed by atoms with Gasteiger partial charge in [-0.3, -0.25) is 4.79 Å². The van der Waals surface area contributed by atoms with Gasteiger partial charge in [0.25, 0.3) is 0 Å². The number of carbonyl (C=O) groups is 1. The Balaban J connectivity index is 2.49. The lowest BCUT2D eigenvalue weighted by Crippen LogP contribution is -2.10. The van der Waals surface area contributed by atoms with Crippen LogP contribution in [0.2, 0.25) is 0 Å². The van der Waals surface area contributed by atoms with Gasteiger partial charge in [0.1, 0.15) is 5.75 Å². The smallest absolute Gasteiger partial charge is 0.313 e. The van der Waals surface area contributed by atoms with E-state index in [0.29, 0.717) is 0 Å².